The van der Waals surface area contributed by atoms with Gasteiger partial charge in [0.05, 0.1) is 10.6 Å². The summed E-state index contributed by atoms with van der Waals surface area (Å²) in [4.78, 5) is 42.9. The number of carbonyl (C=O) groups is 2. The van der Waals surface area contributed by atoms with E-state index in [1.165, 1.54) is 19.1 Å². The Bertz CT molecular complexity index is 1060. The second-order valence-electron chi connectivity index (χ2n) is 6.22. The summed E-state index contributed by atoms with van der Waals surface area (Å²) in [7, 11) is 3.55. The number of benzene rings is 1. The van der Waals surface area contributed by atoms with Gasteiger partial charge in [0, 0.05) is 32.9 Å². The molecule has 0 atom stereocenters. The van der Waals surface area contributed by atoms with Crippen LogP contribution in [-0.2, 0) is 4.79 Å². The van der Waals surface area contributed by atoms with Gasteiger partial charge in [0.2, 0.25) is 17.8 Å². The van der Waals surface area contributed by atoms with Crippen LogP contribution in [-0.4, -0.2) is 45.8 Å². The molecule has 0 aliphatic carbocycles. The van der Waals surface area contributed by atoms with E-state index in [-0.39, 0.29) is 22.4 Å². The minimum atomic E-state index is -0.523. The van der Waals surface area contributed by atoms with Gasteiger partial charge in [0.25, 0.3) is 5.91 Å². The summed E-state index contributed by atoms with van der Waals surface area (Å²) in [6, 6.07) is 9.96. The van der Waals surface area contributed by atoms with Crippen LogP contribution in [0.5, 0.6) is 0 Å². The zero-order valence-corrected chi connectivity index (χ0v) is 16.7. The van der Waals surface area contributed by atoms with Gasteiger partial charge < -0.3 is 10.2 Å². The zero-order chi connectivity index (χ0) is 21.0. The third-order valence-corrected chi connectivity index (χ3v) is 4.00. The van der Waals surface area contributed by atoms with Gasteiger partial charge in [-0.15, -0.1) is 0 Å². The molecule has 148 valence electrons. The van der Waals surface area contributed by atoms with Crippen LogP contribution in [0.3, 0.4) is 0 Å². The molecular formula is C19H18ClN7O2. The molecule has 0 spiro atoms. The van der Waals surface area contributed by atoms with Gasteiger partial charge in [-0.05, 0) is 30.3 Å². The van der Waals surface area contributed by atoms with Crippen LogP contribution in [0, 0.1) is 0 Å². The number of hydrogen-bond acceptors (Lipinski definition) is 7. The van der Waals surface area contributed by atoms with Crippen molar-refractivity contribution in [1.29, 1.82) is 0 Å². The van der Waals surface area contributed by atoms with Crippen LogP contribution in [0.1, 0.15) is 17.3 Å². The molecule has 0 fully saturated rings. The molecule has 0 aliphatic heterocycles. The Morgan fingerprint density at radius 1 is 1.03 bits per heavy atom. The van der Waals surface area contributed by atoms with E-state index in [0.717, 1.165) is 0 Å². The standard InChI is InChI=1S/C19H18ClN7O2/c1-11(28)22-12-7-8-14(20)13(10-12)17(29)25-18-23-16(15-6-4-5-9-21-15)24-19(26-18)27(2)3/h4-10H,1-3H3,(H,22,28)(H,23,24,25,26,29). The molecule has 1 aromatic carbocycles. The molecule has 0 saturated carbocycles. The number of nitrogens with zero attached hydrogens (tertiary/aromatic N) is 5. The molecule has 2 N–H and O–H groups in total. The lowest BCUT2D eigenvalue weighted by Gasteiger charge is -2.13. The van der Waals surface area contributed by atoms with Gasteiger partial charge >= 0.3 is 0 Å². The molecule has 2 heterocycles. The van der Waals surface area contributed by atoms with E-state index in [9.17, 15) is 9.59 Å². The molecule has 0 unspecified atom stereocenters. The number of nitrogens with one attached hydrogen (secondary N) is 2. The van der Waals surface area contributed by atoms with E-state index in [0.29, 0.717) is 23.2 Å². The summed E-state index contributed by atoms with van der Waals surface area (Å²) in [6.07, 6.45) is 1.63. The van der Waals surface area contributed by atoms with Crippen molar-refractivity contribution in [3.63, 3.8) is 0 Å². The van der Waals surface area contributed by atoms with Gasteiger partial charge in [-0.25, -0.2) is 0 Å². The number of pyridine rings is 1. The van der Waals surface area contributed by atoms with E-state index in [4.69, 9.17) is 11.6 Å². The predicted octanol–water partition coefficient (Wildman–Crippen LogP) is 2.86. The van der Waals surface area contributed by atoms with Crippen molar-refractivity contribution in [3.8, 4) is 11.5 Å². The topological polar surface area (TPSA) is 113 Å². The molecule has 0 saturated heterocycles. The zero-order valence-electron chi connectivity index (χ0n) is 16.0. The van der Waals surface area contributed by atoms with E-state index in [1.54, 1.807) is 43.4 Å². The van der Waals surface area contributed by atoms with E-state index in [1.807, 2.05) is 6.07 Å². The van der Waals surface area contributed by atoms with E-state index >= 15 is 0 Å². The van der Waals surface area contributed by atoms with Gasteiger partial charge in [-0.2, -0.15) is 15.0 Å². The Morgan fingerprint density at radius 3 is 2.48 bits per heavy atom. The Labute approximate surface area is 172 Å². The fraction of sp³-hybridized carbons (Fsp3) is 0.158. The highest BCUT2D eigenvalue weighted by molar-refractivity contribution is 6.34. The fourth-order valence-electron chi connectivity index (χ4n) is 2.38. The first kappa shape index (κ1) is 20.2. The molecule has 0 aliphatic rings. The predicted molar refractivity (Wildman–Crippen MR) is 111 cm³/mol. The quantitative estimate of drug-likeness (QED) is 0.663. The average Bonchev–Trinajstić information content (AvgIpc) is 2.69. The Hall–Kier alpha value is -3.59. The number of amides is 2. The minimum Gasteiger partial charge on any atom is -0.347 e. The first-order chi connectivity index (χ1) is 13.8. The molecule has 0 radical (unpaired) electrons. The Morgan fingerprint density at radius 2 is 1.83 bits per heavy atom. The van der Waals surface area contributed by atoms with Gasteiger partial charge in [-0.3, -0.25) is 19.9 Å². The van der Waals surface area contributed by atoms with Crippen molar-refractivity contribution in [1.82, 2.24) is 19.9 Å². The molecule has 9 nitrogen and oxygen atoms in total. The highest BCUT2D eigenvalue weighted by Crippen LogP contribution is 2.22. The number of anilines is 3. The van der Waals surface area contributed by atoms with Crippen molar-refractivity contribution in [3.05, 3.63) is 53.2 Å². The minimum absolute atomic E-state index is 0.0512. The molecular weight excluding hydrogens is 394 g/mol. The summed E-state index contributed by atoms with van der Waals surface area (Å²) in [5.41, 5.74) is 1.16. The third-order valence-electron chi connectivity index (χ3n) is 3.67. The second kappa shape index (κ2) is 8.61. The molecule has 10 heteroatoms. The summed E-state index contributed by atoms with van der Waals surface area (Å²) >= 11 is 6.16. The SMILES string of the molecule is CC(=O)Nc1ccc(Cl)c(C(=O)Nc2nc(-c3ccccn3)nc(N(C)C)n2)c1. The van der Waals surface area contributed by atoms with Gasteiger partial charge in [0.15, 0.2) is 5.82 Å². The second-order valence-corrected chi connectivity index (χ2v) is 6.63. The largest absolute Gasteiger partial charge is 0.347 e. The normalized spacial score (nSPS) is 10.3. The molecule has 2 aromatic heterocycles. The molecule has 3 rings (SSSR count). The van der Waals surface area contributed by atoms with Crippen LogP contribution in [0.2, 0.25) is 5.02 Å². The first-order valence-electron chi connectivity index (χ1n) is 8.57. The average molecular weight is 412 g/mol. The first-order valence-corrected chi connectivity index (χ1v) is 8.94. The van der Waals surface area contributed by atoms with Crippen LogP contribution in [0.15, 0.2) is 42.6 Å². The maximum absolute atomic E-state index is 12.8. The van der Waals surface area contributed by atoms with Crippen LogP contribution < -0.4 is 15.5 Å². The molecule has 0 bridgehead atoms. The van der Waals surface area contributed by atoms with Crippen molar-refractivity contribution in [2.24, 2.45) is 0 Å². The van der Waals surface area contributed by atoms with E-state index < -0.39 is 5.91 Å². The number of halogens is 1. The van der Waals surface area contributed by atoms with Gasteiger partial charge in [0.1, 0.15) is 5.69 Å². The summed E-state index contributed by atoms with van der Waals surface area (Å²) in [5.74, 6) is -0.0565. The number of hydrogen-bond donors (Lipinski definition) is 2. The van der Waals surface area contributed by atoms with Crippen molar-refractivity contribution in [2.75, 3.05) is 29.6 Å². The van der Waals surface area contributed by atoms with Crippen molar-refractivity contribution in [2.45, 2.75) is 6.92 Å². The van der Waals surface area contributed by atoms with Crippen LogP contribution in [0.4, 0.5) is 17.6 Å². The summed E-state index contributed by atoms with van der Waals surface area (Å²) in [6.45, 7) is 1.38. The number of carbonyl (C=O) groups excluding carboxylic acids is 2. The molecule has 3 aromatic rings. The van der Waals surface area contributed by atoms with Crippen LogP contribution in [0.25, 0.3) is 11.5 Å². The third kappa shape index (κ3) is 5.02. The lowest BCUT2D eigenvalue weighted by Crippen LogP contribution is -2.19. The molecule has 2 amide bonds. The lowest BCUT2D eigenvalue weighted by molar-refractivity contribution is -0.114. The highest BCUT2D eigenvalue weighted by atomic mass is 35.5. The Balaban J connectivity index is 1.94. The molecule has 29 heavy (non-hydrogen) atoms. The van der Waals surface area contributed by atoms with Crippen molar-refractivity contribution >= 4 is 41.0 Å². The fourth-order valence-corrected chi connectivity index (χ4v) is 2.58. The highest BCUT2D eigenvalue weighted by Gasteiger charge is 2.16. The van der Waals surface area contributed by atoms with Gasteiger partial charge in [-0.1, -0.05) is 17.7 Å². The van der Waals surface area contributed by atoms with E-state index in [2.05, 4.69) is 30.6 Å². The lowest BCUT2D eigenvalue weighted by atomic mass is 10.2. The maximum Gasteiger partial charge on any atom is 0.259 e. The number of rotatable bonds is 5. The smallest absolute Gasteiger partial charge is 0.259 e. The maximum atomic E-state index is 12.8. The van der Waals surface area contributed by atoms with Crippen molar-refractivity contribution < 1.29 is 9.59 Å². The Kier molecular flexibility index (Phi) is 5.99. The summed E-state index contributed by atoms with van der Waals surface area (Å²) < 4.78 is 0. The summed E-state index contributed by atoms with van der Waals surface area (Å²) in [5, 5.41) is 5.47. The monoisotopic (exact) mass is 411 g/mol. The number of aromatic nitrogens is 4. The van der Waals surface area contributed by atoms with Crippen LogP contribution >= 0.6 is 11.6 Å².